The third-order valence-corrected chi connectivity index (χ3v) is 7.28. The zero-order chi connectivity index (χ0) is 25.8. The molecule has 0 unspecified atom stereocenters. The van der Waals surface area contributed by atoms with E-state index in [1.165, 1.54) is 42.0 Å². The Morgan fingerprint density at radius 3 is 2.40 bits per heavy atom. The molecule has 0 atom stereocenters. The van der Waals surface area contributed by atoms with Gasteiger partial charge >= 0.3 is 5.97 Å². The van der Waals surface area contributed by atoms with Gasteiger partial charge in [0.15, 0.2) is 0 Å². The number of benzene rings is 2. The summed E-state index contributed by atoms with van der Waals surface area (Å²) in [6, 6.07) is 11.3. The number of hydrogen-bond acceptors (Lipinski definition) is 6. The summed E-state index contributed by atoms with van der Waals surface area (Å²) in [7, 11) is -2.46. The van der Waals surface area contributed by atoms with E-state index in [-0.39, 0.29) is 29.5 Å². The molecule has 0 radical (unpaired) electrons. The van der Waals surface area contributed by atoms with E-state index in [1.807, 2.05) is 39.8 Å². The molecular weight excluding hydrogens is 468 g/mol. The van der Waals surface area contributed by atoms with Crippen LogP contribution in [0.1, 0.15) is 40.9 Å². The van der Waals surface area contributed by atoms with Gasteiger partial charge in [0.25, 0.3) is 10.0 Å². The molecule has 186 valence electrons. The van der Waals surface area contributed by atoms with E-state index >= 15 is 0 Å². The van der Waals surface area contributed by atoms with Crippen molar-refractivity contribution in [2.45, 2.75) is 39.2 Å². The third-order valence-electron chi connectivity index (χ3n) is 5.51. The lowest BCUT2D eigenvalue weighted by molar-refractivity contribution is 0.0696. The minimum atomic E-state index is -3.91. The molecule has 9 heteroatoms. The van der Waals surface area contributed by atoms with Gasteiger partial charge < -0.3 is 14.6 Å². The molecule has 2 aromatic carbocycles. The predicted octanol–water partition coefficient (Wildman–Crippen LogP) is 4.84. The van der Waals surface area contributed by atoms with Crippen molar-refractivity contribution in [3.8, 4) is 11.5 Å². The van der Waals surface area contributed by atoms with Crippen molar-refractivity contribution in [1.82, 2.24) is 4.98 Å². The van der Waals surface area contributed by atoms with Crippen LogP contribution in [0.5, 0.6) is 11.5 Å². The van der Waals surface area contributed by atoms with Gasteiger partial charge in [0.2, 0.25) is 0 Å². The van der Waals surface area contributed by atoms with Crippen molar-refractivity contribution in [3.63, 3.8) is 0 Å². The number of rotatable bonds is 10. The highest BCUT2D eigenvalue weighted by Crippen LogP contribution is 2.36. The second-order valence-corrected chi connectivity index (χ2v) is 10.5. The van der Waals surface area contributed by atoms with Gasteiger partial charge in [-0.1, -0.05) is 19.9 Å². The number of aryl methyl sites for hydroxylation is 2. The third kappa shape index (κ3) is 5.92. The smallest absolute Gasteiger partial charge is 0.335 e. The topological polar surface area (TPSA) is 106 Å². The zero-order valence-electron chi connectivity index (χ0n) is 20.5. The fraction of sp³-hybridized carbons (Fsp3) is 0.308. The Hall–Kier alpha value is -3.59. The SMILES string of the molecule is COc1cc(C(=O)O)ccc1COc1cc(C)c(C)cc1N(CC(C)C)S(=O)(=O)c1cccnc1. The van der Waals surface area contributed by atoms with E-state index in [0.29, 0.717) is 22.7 Å². The maximum absolute atomic E-state index is 13.6. The first-order valence-electron chi connectivity index (χ1n) is 11.1. The van der Waals surface area contributed by atoms with Crippen LogP contribution in [0.2, 0.25) is 0 Å². The van der Waals surface area contributed by atoms with Crippen LogP contribution >= 0.6 is 0 Å². The molecule has 1 N–H and O–H groups in total. The van der Waals surface area contributed by atoms with Crippen LogP contribution in [0.15, 0.2) is 59.8 Å². The number of hydrogen-bond donors (Lipinski definition) is 1. The highest BCUT2D eigenvalue weighted by molar-refractivity contribution is 7.92. The van der Waals surface area contributed by atoms with E-state index in [0.717, 1.165) is 11.1 Å². The maximum Gasteiger partial charge on any atom is 0.335 e. The van der Waals surface area contributed by atoms with E-state index in [9.17, 15) is 18.3 Å². The number of anilines is 1. The Labute approximate surface area is 206 Å². The van der Waals surface area contributed by atoms with Crippen LogP contribution in [0.3, 0.4) is 0 Å². The lowest BCUT2D eigenvalue weighted by Crippen LogP contribution is -2.34. The Balaban J connectivity index is 2.06. The Kier molecular flexibility index (Phi) is 8.01. The molecule has 1 aromatic heterocycles. The highest BCUT2D eigenvalue weighted by atomic mass is 32.2. The van der Waals surface area contributed by atoms with Crippen molar-refractivity contribution < 1.29 is 27.8 Å². The predicted molar refractivity (Wildman–Crippen MR) is 134 cm³/mol. The standard InChI is InChI=1S/C26H30N2O6S/c1-17(2)15-28(35(31,32)22-7-6-10-27-14-22)23-11-18(3)19(4)12-25(23)34-16-21-9-8-20(26(29)30)13-24(21)33-5/h6-14,17H,15-16H2,1-5H3,(H,29,30). The highest BCUT2D eigenvalue weighted by Gasteiger charge is 2.29. The Bertz CT molecular complexity index is 1310. The van der Waals surface area contributed by atoms with Crippen LogP contribution in [-0.4, -0.2) is 38.1 Å². The van der Waals surface area contributed by atoms with Crippen molar-refractivity contribution in [2.24, 2.45) is 5.92 Å². The quantitative estimate of drug-likeness (QED) is 0.426. The van der Waals surface area contributed by atoms with Crippen LogP contribution < -0.4 is 13.8 Å². The number of nitrogens with zero attached hydrogens (tertiary/aromatic N) is 2. The summed E-state index contributed by atoms with van der Waals surface area (Å²) < 4.78 is 40.2. The number of sulfonamides is 1. The minimum absolute atomic E-state index is 0.0413. The molecule has 0 fully saturated rings. The summed E-state index contributed by atoms with van der Waals surface area (Å²) in [6.45, 7) is 8.04. The van der Waals surface area contributed by atoms with E-state index in [2.05, 4.69) is 4.98 Å². The maximum atomic E-state index is 13.6. The molecule has 8 nitrogen and oxygen atoms in total. The number of pyridine rings is 1. The van der Waals surface area contributed by atoms with Gasteiger partial charge in [0, 0.05) is 24.5 Å². The molecule has 0 spiro atoms. The largest absolute Gasteiger partial charge is 0.496 e. The van der Waals surface area contributed by atoms with Gasteiger partial charge in [-0.15, -0.1) is 0 Å². The summed E-state index contributed by atoms with van der Waals surface area (Å²) in [5.41, 5.74) is 3.02. The van der Waals surface area contributed by atoms with Crippen LogP contribution in [-0.2, 0) is 16.6 Å². The lowest BCUT2D eigenvalue weighted by atomic mass is 10.1. The van der Waals surface area contributed by atoms with E-state index in [1.54, 1.807) is 12.1 Å². The number of carbonyl (C=O) groups is 1. The number of methoxy groups -OCH3 is 1. The average molecular weight is 499 g/mol. The van der Waals surface area contributed by atoms with Crippen LogP contribution in [0.4, 0.5) is 5.69 Å². The molecule has 1 heterocycles. The monoisotopic (exact) mass is 498 g/mol. The molecule has 0 aliphatic heterocycles. The first kappa shape index (κ1) is 26.0. The molecule has 3 aromatic rings. The van der Waals surface area contributed by atoms with E-state index in [4.69, 9.17) is 9.47 Å². The first-order chi connectivity index (χ1) is 16.5. The fourth-order valence-electron chi connectivity index (χ4n) is 3.52. The van der Waals surface area contributed by atoms with E-state index < -0.39 is 16.0 Å². The van der Waals surface area contributed by atoms with Crippen molar-refractivity contribution >= 4 is 21.7 Å². The molecule has 0 bridgehead atoms. The first-order valence-corrected chi connectivity index (χ1v) is 12.6. The van der Waals surface area contributed by atoms with Gasteiger partial charge in [0.05, 0.1) is 18.4 Å². The number of carboxylic acids is 1. The fourth-order valence-corrected chi connectivity index (χ4v) is 5.12. The minimum Gasteiger partial charge on any atom is -0.496 e. The summed E-state index contributed by atoms with van der Waals surface area (Å²) in [6.07, 6.45) is 2.86. The number of aromatic carboxylic acids is 1. The van der Waals surface area contributed by atoms with Crippen LogP contribution in [0, 0.1) is 19.8 Å². The molecule has 0 saturated heterocycles. The molecule has 0 aliphatic carbocycles. The summed E-state index contributed by atoms with van der Waals surface area (Å²) in [5.74, 6) is -0.250. The average Bonchev–Trinajstić information content (AvgIpc) is 2.83. The van der Waals surface area contributed by atoms with Gasteiger partial charge in [0.1, 0.15) is 23.0 Å². The number of aromatic nitrogens is 1. The van der Waals surface area contributed by atoms with Crippen molar-refractivity contribution in [1.29, 1.82) is 0 Å². The molecule has 0 saturated carbocycles. The van der Waals surface area contributed by atoms with Crippen molar-refractivity contribution in [3.05, 3.63) is 77.1 Å². The van der Waals surface area contributed by atoms with Gasteiger partial charge in [-0.2, -0.15) is 0 Å². The zero-order valence-corrected chi connectivity index (χ0v) is 21.3. The Morgan fingerprint density at radius 1 is 1.09 bits per heavy atom. The Morgan fingerprint density at radius 2 is 1.80 bits per heavy atom. The summed E-state index contributed by atoms with van der Waals surface area (Å²) in [4.78, 5) is 15.4. The van der Waals surface area contributed by atoms with Gasteiger partial charge in [-0.25, -0.2) is 13.2 Å². The molecule has 35 heavy (non-hydrogen) atoms. The van der Waals surface area contributed by atoms with Gasteiger partial charge in [-0.05, 0) is 67.3 Å². The summed E-state index contributed by atoms with van der Waals surface area (Å²) >= 11 is 0. The molecular formula is C26H30N2O6S. The number of carboxylic acid groups (broad SMARTS) is 1. The molecule has 3 rings (SSSR count). The number of ether oxygens (including phenoxy) is 2. The second kappa shape index (κ2) is 10.8. The van der Waals surface area contributed by atoms with Crippen molar-refractivity contribution in [2.75, 3.05) is 18.0 Å². The molecule has 0 aliphatic rings. The lowest BCUT2D eigenvalue weighted by Gasteiger charge is -2.28. The summed E-state index contributed by atoms with van der Waals surface area (Å²) in [5, 5.41) is 9.25. The second-order valence-electron chi connectivity index (χ2n) is 8.64. The van der Waals surface area contributed by atoms with Crippen LogP contribution in [0.25, 0.3) is 0 Å². The normalized spacial score (nSPS) is 11.4. The van der Waals surface area contributed by atoms with Gasteiger partial charge in [-0.3, -0.25) is 9.29 Å². The molecule has 0 amide bonds.